The Bertz CT molecular complexity index is 274. The number of nitrogens with zero attached hydrogens (tertiary/aromatic N) is 2. The average Bonchev–Trinajstić information content (AvgIpc) is 2.33. The summed E-state index contributed by atoms with van der Waals surface area (Å²) in [6, 6.07) is -0.433. The lowest BCUT2D eigenvalue weighted by molar-refractivity contribution is 0.249. The molecule has 4 nitrogen and oxygen atoms in total. The van der Waals surface area contributed by atoms with Gasteiger partial charge in [-0.25, -0.2) is 15.2 Å². The standard InChI is InChI=1S/C14H27N3O/c1-5-6-7-8-9-10-11-12(2)13(3)16-14(18)17-15-4/h12H,4-11H2,1-3H3,(H,17,18)/b16-13+. The van der Waals surface area contributed by atoms with E-state index in [1.54, 1.807) is 0 Å². The molecule has 0 aromatic heterocycles. The first-order chi connectivity index (χ1) is 8.61. The Morgan fingerprint density at radius 1 is 1.22 bits per heavy atom. The molecule has 0 radical (unpaired) electrons. The summed E-state index contributed by atoms with van der Waals surface area (Å²) < 4.78 is 0. The summed E-state index contributed by atoms with van der Waals surface area (Å²) in [6.45, 7) is 9.42. The van der Waals surface area contributed by atoms with Crippen LogP contribution in [-0.2, 0) is 0 Å². The number of hydrogen-bond donors (Lipinski definition) is 1. The van der Waals surface area contributed by atoms with Gasteiger partial charge in [-0.15, -0.1) is 0 Å². The van der Waals surface area contributed by atoms with Crippen LogP contribution in [0.3, 0.4) is 0 Å². The third-order valence-corrected chi connectivity index (χ3v) is 3.16. The third kappa shape index (κ3) is 8.90. The maximum Gasteiger partial charge on any atom is 0.361 e. The molecule has 2 amide bonds. The summed E-state index contributed by atoms with van der Waals surface area (Å²) in [5.74, 6) is 0.353. The largest absolute Gasteiger partial charge is 0.361 e. The first kappa shape index (κ1) is 16.8. The van der Waals surface area contributed by atoms with Crippen molar-refractivity contribution in [3.63, 3.8) is 0 Å². The quantitative estimate of drug-likeness (QED) is 0.374. The van der Waals surface area contributed by atoms with Crippen molar-refractivity contribution < 1.29 is 4.79 Å². The minimum atomic E-state index is -0.433. The average molecular weight is 253 g/mol. The predicted octanol–water partition coefficient (Wildman–Crippen LogP) is 4.16. The normalized spacial score (nSPS) is 13.2. The lowest BCUT2D eigenvalue weighted by Crippen LogP contribution is -2.16. The van der Waals surface area contributed by atoms with Crippen LogP contribution in [0, 0.1) is 5.92 Å². The molecule has 0 fully saturated rings. The molecule has 1 unspecified atom stereocenters. The van der Waals surface area contributed by atoms with Crippen LogP contribution in [0.4, 0.5) is 4.79 Å². The summed E-state index contributed by atoms with van der Waals surface area (Å²) in [7, 11) is 0. The number of nitrogens with one attached hydrogen (secondary N) is 1. The van der Waals surface area contributed by atoms with Crippen LogP contribution in [0.15, 0.2) is 10.1 Å². The number of amides is 2. The molecule has 0 aliphatic rings. The van der Waals surface area contributed by atoms with E-state index in [1.165, 1.54) is 38.5 Å². The number of urea groups is 1. The van der Waals surface area contributed by atoms with Crippen molar-refractivity contribution >= 4 is 18.5 Å². The molecule has 0 bridgehead atoms. The van der Waals surface area contributed by atoms with Crippen LogP contribution < -0.4 is 5.43 Å². The molecule has 1 N–H and O–H groups in total. The van der Waals surface area contributed by atoms with E-state index in [2.05, 4.69) is 36.1 Å². The topological polar surface area (TPSA) is 53.8 Å². The van der Waals surface area contributed by atoms with Crippen LogP contribution in [0.25, 0.3) is 0 Å². The first-order valence-electron chi connectivity index (χ1n) is 6.92. The Morgan fingerprint density at radius 3 is 2.44 bits per heavy atom. The number of carbonyl (C=O) groups is 1. The van der Waals surface area contributed by atoms with Crippen molar-refractivity contribution in [2.45, 2.75) is 65.7 Å². The van der Waals surface area contributed by atoms with Gasteiger partial charge in [-0.3, -0.25) is 0 Å². The number of hydrazone groups is 1. The Labute approximate surface area is 111 Å². The van der Waals surface area contributed by atoms with E-state index in [9.17, 15) is 4.79 Å². The summed E-state index contributed by atoms with van der Waals surface area (Å²) in [5.41, 5.74) is 3.07. The second-order valence-electron chi connectivity index (χ2n) is 4.79. The van der Waals surface area contributed by atoms with Gasteiger partial charge in [0.1, 0.15) is 0 Å². The van der Waals surface area contributed by atoms with Gasteiger partial charge in [-0.1, -0.05) is 52.4 Å². The zero-order valence-electron chi connectivity index (χ0n) is 12.0. The SMILES string of the molecule is C=NNC(=O)/N=C(\C)C(C)CCCCCCCC. The zero-order valence-corrected chi connectivity index (χ0v) is 12.0. The van der Waals surface area contributed by atoms with Crippen LogP contribution in [0.5, 0.6) is 0 Å². The molecule has 0 aromatic rings. The first-order valence-corrected chi connectivity index (χ1v) is 6.92. The summed E-state index contributed by atoms with van der Waals surface area (Å²) in [6.07, 6.45) is 8.86. The number of hydrogen-bond acceptors (Lipinski definition) is 2. The molecule has 4 heteroatoms. The molecule has 0 spiro atoms. The van der Waals surface area contributed by atoms with E-state index in [4.69, 9.17) is 0 Å². The van der Waals surface area contributed by atoms with Gasteiger partial charge in [0.2, 0.25) is 0 Å². The summed E-state index contributed by atoms with van der Waals surface area (Å²) >= 11 is 0. The van der Waals surface area contributed by atoms with Crippen molar-refractivity contribution in [1.29, 1.82) is 0 Å². The van der Waals surface area contributed by atoms with E-state index in [0.29, 0.717) is 5.92 Å². The molecule has 0 heterocycles. The number of aliphatic imine (C=N–C) groups is 1. The van der Waals surface area contributed by atoms with Gasteiger partial charge in [0.25, 0.3) is 0 Å². The van der Waals surface area contributed by atoms with Crippen molar-refractivity contribution in [2.24, 2.45) is 16.0 Å². The lowest BCUT2D eigenvalue weighted by Gasteiger charge is -2.10. The molecular formula is C14H27N3O. The monoisotopic (exact) mass is 253 g/mol. The van der Waals surface area contributed by atoms with Crippen molar-refractivity contribution in [3.8, 4) is 0 Å². The smallest absolute Gasteiger partial charge is 0.244 e. The lowest BCUT2D eigenvalue weighted by atomic mass is 9.98. The predicted molar refractivity (Wildman–Crippen MR) is 78.3 cm³/mol. The molecule has 0 aromatic carbocycles. The molecule has 0 aliphatic carbocycles. The van der Waals surface area contributed by atoms with E-state index >= 15 is 0 Å². The van der Waals surface area contributed by atoms with Gasteiger partial charge in [0.15, 0.2) is 0 Å². The highest BCUT2D eigenvalue weighted by Gasteiger charge is 2.07. The van der Waals surface area contributed by atoms with Gasteiger partial charge in [-0.05, 0) is 19.3 Å². The number of carbonyl (C=O) groups excluding carboxylic acids is 1. The molecule has 0 rings (SSSR count). The Kier molecular flexibility index (Phi) is 10.2. The molecule has 0 saturated heterocycles. The maximum atomic E-state index is 11.2. The second kappa shape index (κ2) is 10.9. The van der Waals surface area contributed by atoms with Crippen LogP contribution >= 0.6 is 0 Å². The highest BCUT2D eigenvalue weighted by Crippen LogP contribution is 2.13. The van der Waals surface area contributed by atoms with Crippen molar-refractivity contribution in [2.75, 3.05) is 0 Å². The Morgan fingerprint density at radius 2 is 1.83 bits per heavy atom. The van der Waals surface area contributed by atoms with Crippen LogP contribution in [0.2, 0.25) is 0 Å². The Hall–Kier alpha value is -1.19. The second-order valence-corrected chi connectivity index (χ2v) is 4.79. The molecule has 18 heavy (non-hydrogen) atoms. The molecule has 104 valence electrons. The molecule has 0 aliphatic heterocycles. The van der Waals surface area contributed by atoms with Gasteiger partial charge in [0.05, 0.1) is 0 Å². The van der Waals surface area contributed by atoms with E-state index in [-0.39, 0.29) is 0 Å². The van der Waals surface area contributed by atoms with E-state index < -0.39 is 6.03 Å². The van der Waals surface area contributed by atoms with Crippen molar-refractivity contribution in [3.05, 3.63) is 0 Å². The van der Waals surface area contributed by atoms with Crippen molar-refractivity contribution in [1.82, 2.24) is 5.43 Å². The number of rotatable bonds is 9. The molecule has 1 atom stereocenters. The van der Waals surface area contributed by atoms with Gasteiger partial charge in [0, 0.05) is 12.4 Å². The van der Waals surface area contributed by atoms with Crippen LogP contribution in [-0.4, -0.2) is 18.5 Å². The van der Waals surface area contributed by atoms with Gasteiger partial charge >= 0.3 is 6.03 Å². The number of unbranched alkanes of at least 4 members (excludes halogenated alkanes) is 5. The third-order valence-electron chi connectivity index (χ3n) is 3.16. The van der Waals surface area contributed by atoms with E-state index in [1.807, 2.05) is 6.92 Å². The molecule has 0 saturated carbocycles. The minimum Gasteiger partial charge on any atom is -0.244 e. The fraction of sp³-hybridized carbons (Fsp3) is 0.786. The highest BCUT2D eigenvalue weighted by molar-refractivity contribution is 5.94. The fourth-order valence-electron chi connectivity index (χ4n) is 1.80. The fourth-order valence-corrected chi connectivity index (χ4v) is 1.80. The maximum absolute atomic E-state index is 11.2. The molecular weight excluding hydrogens is 226 g/mol. The highest BCUT2D eigenvalue weighted by atomic mass is 16.2. The summed E-state index contributed by atoms with van der Waals surface area (Å²) in [4.78, 5) is 15.1. The zero-order chi connectivity index (χ0) is 13.8. The summed E-state index contributed by atoms with van der Waals surface area (Å²) in [5, 5.41) is 3.30. The minimum absolute atomic E-state index is 0.353. The Balaban J connectivity index is 3.76. The van der Waals surface area contributed by atoms with Gasteiger partial charge < -0.3 is 0 Å². The van der Waals surface area contributed by atoms with E-state index in [0.717, 1.165) is 12.1 Å². The van der Waals surface area contributed by atoms with Crippen LogP contribution in [0.1, 0.15) is 65.7 Å². The van der Waals surface area contributed by atoms with Gasteiger partial charge in [-0.2, -0.15) is 5.10 Å².